The lowest BCUT2D eigenvalue weighted by Gasteiger charge is -2.43. The molecule has 176 valence electrons. The van der Waals surface area contributed by atoms with Gasteiger partial charge in [0.2, 0.25) is 11.8 Å². The Labute approximate surface area is 192 Å². The highest BCUT2D eigenvalue weighted by Gasteiger charge is 2.64. The number of aromatic hydroxyl groups is 1. The average molecular weight is 477 g/mol. The number of ether oxygens (including phenoxy) is 1. The predicted octanol–water partition coefficient (Wildman–Crippen LogP) is 1.31. The summed E-state index contributed by atoms with van der Waals surface area (Å²) < 4.78 is 4.36. The molecule has 2 aliphatic heterocycles. The molecule has 0 bridgehead atoms. The number of amides is 2. The second-order valence-electron chi connectivity index (χ2n) is 8.14. The van der Waals surface area contributed by atoms with Gasteiger partial charge in [-0.25, -0.2) is 4.79 Å². The number of carbonyl (C=O) groups excluding carboxylic acids is 3. The smallest absolute Gasteiger partial charge is 0.327 e. The van der Waals surface area contributed by atoms with Crippen molar-refractivity contribution < 1.29 is 34.1 Å². The summed E-state index contributed by atoms with van der Waals surface area (Å²) in [5, 5.41) is 24.6. The number of carbonyl (C=O) groups is 4. The van der Waals surface area contributed by atoms with Gasteiger partial charge in [-0.15, -0.1) is 11.8 Å². The van der Waals surface area contributed by atoms with Gasteiger partial charge in [0.15, 0.2) is 0 Å². The Morgan fingerprint density at radius 3 is 2.76 bits per heavy atom. The first kappa shape index (κ1) is 24.2. The third-order valence-corrected chi connectivity index (χ3v) is 6.97. The summed E-state index contributed by atoms with van der Waals surface area (Å²) in [5.74, 6) is -3.06. The lowest BCUT2D eigenvalue weighted by Crippen LogP contribution is -2.70. The highest BCUT2D eigenvalue weighted by atomic mass is 32.2. The summed E-state index contributed by atoms with van der Waals surface area (Å²) in [6.45, 7) is 3.43. The van der Waals surface area contributed by atoms with E-state index < -0.39 is 52.4 Å². The second kappa shape index (κ2) is 9.59. The van der Waals surface area contributed by atoms with Gasteiger partial charge in [0.05, 0.1) is 13.2 Å². The van der Waals surface area contributed by atoms with E-state index in [9.17, 15) is 29.4 Å². The van der Waals surface area contributed by atoms with Crippen molar-refractivity contribution >= 4 is 35.5 Å². The summed E-state index contributed by atoms with van der Waals surface area (Å²) in [6, 6.07) is 2.84. The summed E-state index contributed by atoms with van der Waals surface area (Å²) in [6.07, 6.45) is -0.262. The molecule has 1 aromatic rings. The van der Waals surface area contributed by atoms with Crippen LogP contribution in [0.3, 0.4) is 0 Å². The van der Waals surface area contributed by atoms with Crippen LogP contribution < -0.4 is 5.32 Å². The van der Waals surface area contributed by atoms with Crippen LogP contribution in [-0.2, 0) is 36.9 Å². The SMILES string of the molecule is CC1(C)SC2C(NC(=O)CC(=O)OCCc3ccc(O)c(CN=[N+]=[N-])c3)C(=O)N2C1C(=O)O. The number of esters is 1. The monoisotopic (exact) mass is 477 g/mol. The van der Waals surface area contributed by atoms with E-state index >= 15 is 0 Å². The zero-order chi connectivity index (χ0) is 24.3. The van der Waals surface area contributed by atoms with Crippen molar-refractivity contribution in [2.24, 2.45) is 5.11 Å². The molecule has 3 atom stereocenters. The van der Waals surface area contributed by atoms with E-state index in [0.29, 0.717) is 12.0 Å². The topological polar surface area (TPSA) is 182 Å². The van der Waals surface area contributed by atoms with Gasteiger partial charge in [-0.2, -0.15) is 0 Å². The first-order valence-electron chi connectivity index (χ1n) is 10.0. The molecule has 2 fully saturated rings. The minimum Gasteiger partial charge on any atom is -0.508 e. The van der Waals surface area contributed by atoms with Crippen LogP contribution in [0.1, 0.15) is 31.4 Å². The number of carboxylic acids is 1. The maximum absolute atomic E-state index is 12.4. The molecule has 12 nitrogen and oxygen atoms in total. The van der Waals surface area contributed by atoms with Crippen molar-refractivity contribution in [3.63, 3.8) is 0 Å². The zero-order valence-electron chi connectivity index (χ0n) is 17.9. The molecule has 0 radical (unpaired) electrons. The Bertz CT molecular complexity index is 1040. The molecule has 2 saturated heterocycles. The van der Waals surface area contributed by atoms with Crippen LogP contribution in [0, 0.1) is 0 Å². The number of benzene rings is 1. The Balaban J connectivity index is 1.46. The first-order valence-corrected chi connectivity index (χ1v) is 10.9. The molecule has 3 unspecified atom stereocenters. The number of β-lactam (4-membered cyclic amide) rings is 1. The van der Waals surface area contributed by atoms with Gasteiger partial charge < -0.3 is 25.2 Å². The molecule has 33 heavy (non-hydrogen) atoms. The van der Waals surface area contributed by atoms with Crippen LogP contribution in [0.25, 0.3) is 10.4 Å². The van der Waals surface area contributed by atoms with Gasteiger partial charge in [0, 0.05) is 16.1 Å². The second-order valence-corrected chi connectivity index (χ2v) is 9.91. The summed E-state index contributed by atoms with van der Waals surface area (Å²) in [5.41, 5.74) is 9.57. The fourth-order valence-electron chi connectivity index (χ4n) is 3.86. The molecule has 0 spiro atoms. The Kier molecular flexibility index (Phi) is 7.04. The Hall–Kier alpha value is -3.44. The summed E-state index contributed by atoms with van der Waals surface area (Å²) in [4.78, 5) is 52.0. The quantitative estimate of drug-likeness (QED) is 0.119. The van der Waals surface area contributed by atoms with Crippen molar-refractivity contribution in [2.75, 3.05) is 6.61 Å². The van der Waals surface area contributed by atoms with Crippen LogP contribution in [0.2, 0.25) is 0 Å². The van der Waals surface area contributed by atoms with E-state index in [4.69, 9.17) is 10.3 Å². The number of fused-ring (bicyclic) bond motifs is 1. The van der Waals surface area contributed by atoms with Crippen LogP contribution in [0.5, 0.6) is 5.75 Å². The Morgan fingerprint density at radius 1 is 1.36 bits per heavy atom. The van der Waals surface area contributed by atoms with Crippen LogP contribution in [0.15, 0.2) is 23.3 Å². The van der Waals surface area contributed by atoms with Gasteiger partial charge in [0.1, 0.15) is 29.6 Å². The average Bonchev–Trinajstić information content (AvgIpc) is 3.00. The molecule has 3 rings (SSSR count). The largest absolute Gasteiger partial charge is 0.508 e. The number of thioether (sulfide) groups is 1. The van der Waals surface area contributed by atoms with E-state index in [1.165, 1.54) is 22.7 Å². The Morgan fingerprint density at radius 2 is 2.09 bits per heavy atom. The molecule has 0 aliphatic carbocycles. The lowest BCUT2D eigenvalue weighted by atomic mass is 9.96. The van der Waals surface area contributed by atoms with Crippen molar-refractivity contribution in [2.45, 2.75) is 55.4 Å². The fourth-order valence-corrected chi connectivity index (χ4v) is 5.49. The molecule has 13 heteroatoms. The number of nitrogens with zero attached hydrogens (tertiary/aromatic N) is 4. The minimum absolute atomic E-state index is 0.0117. The fraction of sp³-hybridized carbons (Fsp3) is 0.500. The maximum Gasteiger partial charge on any atom is 0.327 e. The van der Waals surface area contributed by atoms with Gasteiger partial charge in [-0.3, -0.25) is 14.4 Å². The number of phenolic OH excluding ortho intramolecular Hbond substituents is 1. The van der Waals surface area contributed by atoms with Crippen LogP contribution >= 0.6 is 11.8 Å². The number of carboxylic acid groups (broad SMARTS) is 1. The highest BCUT2D eigenvalue weighted by molar-refractivity contribution is 8.01. The molecule has 0 saturated carbocycles. The number of rotatable bonds is 9. The van der Waals surface area contributed by atoms with E-state index in [1.807, 2.05) is 0 Å². The number of azide groups is 1. The van der Waals surface area contributed by atoms with Gasteiger partial charge in [-0.1, -0.05) is 17.2 Å². The third-order valence-electron chi connectivity index (χ3n) is 5.40. The number of hydrogen-bond donors (Lipinski definition) is 3. The molecule has 0 aromatic heterocycles. The van der Waals surface area contributed by atoms with Crippen LogP contribution in [-0.4, -0.2) is 67.7 Å². The van der Waals surface area contributed by atoms with E-state index in [0.717, 1.165) is 5.56 Å². The molecule has 2 aliphatic rings. The standard InChI is InChI=1S/C20H23N5O7S/c1-20(2)16(19(30)31)25-17(29)15(18(25)33-20)23-13(27)8-14(28)32-6-5-10-3-4-12(26)11(7-10)9-22-24-21/h3-4,7,15-16,18,26H,5-6,8-9H2,1-2H3,(H,23,27)(H,30,31). The lowest BCUT2D eigenvalue weighted by molar-refractivity contribution is -0.161. The van der Waals surface area contributed by atoms with E-state index in [2.05, 4.69) is 15.3 Å². The normalized spacial score (nSPS) is 22.5. The third kappa shape index (κ3) is 5.15. The molecule has 2 heterocycles. The summed E-state index contributed by atoms with van der Waals surface area (Å²) >= 11 is 1.29. The van der Waals surface area contributed by atoms with Crippen molar-refractivity contribution in [1.29, 1.82) is 0 Å². The van der Waals surface area contributed by atoms with Gasteiger partial charge in [-0.05, 0) is 36.6 Å². The first-order chi connectivity index (χ1) is 15.5. The van der Waals surface area contributed by atoms with Gasteiger partial charge >= 0.3 is 11.9 Å². The van der Waals surface area contributed by atoms with Crippen molar-refractivity contribution in [3.05, 3.63) is 39.8 Å². The predicted molar refractivity (Wildman–Crippen MR) is 116 cm³/mol. The minimum atomic E-state index is -1.10. The number of phenols is 1. The van der Waals surface area contributed by atoms with Crippen molar-refractivity contribution in [3.8, 4) is 5.75 Å². The van der Waals surface area contributed by atoms with E-state index in [1.54, 1.807) is 26.0 Å². The number of hydrogen-bond acceptors (Lipinski definition) is 8. The van der Waals surface area contributed by atoms with Crippen molar-refractivity contribution in [1.82, 2.24) is 10.2 Å². The number of aliphatic carboxylic acids is 1. The highest BCUT2D eigenvalue weighted by Crippen LogP contribution is 2.50. The molecular weight excluding hydrogens is 454 g/mol. The van der Waals surface area contributed by atoms with Gasteiger partial charge in [0.25, 0.3) is 0 Å². The molecular formula is C20H23N5O7S. The van der Waals surface area contributed by atoms with Crippen LogP contribution in [0.4, 0.5) is 0 Å². The van der Waals surface area contributed by atoms with E-state index in [-0.39, 0.29) is 18.9 Å². The molecule has 2 amide bonds. The maximum atomic E-state index is 12.4. The zero-order valence-corrected chi connectivity index (χ0v) is 18.7. The molecule has 1 aromatic carbocycles. The summed E-state index contributed by atoms with van der Waals surface area (Å²) in [7, 11) is 0. The number of nitrogens with one attached hydrogen (secondary N) is 1. The molecule has 3 N–H and O–H groups in total.